The first kappa shape index (κ1) is 23.6. The molecule has 33 heavy (non-hydrogen) atoms. The number of urea groups is 1. The van der Waals surface area contributed by atoms with E-state index in [4.69, 9.17) is 9.97 Å². The van der Waals surface area contributed by atoms with Crippen molar-refractivity contribution in [2.24, 2.45) is 5.92 Å². The van der Waals surface area contributed by atoms with Gasteiger partial charge in [0.1, 0.15) is 0 Å². The van der Waals surface area contributed by atoms with Crippen LogP contribution in [0.1, 0.15) is 38.2 Å². The second-order valence-corrected chi connectivity index (χ2v) is 12.2. The van der Waals surface area contributed by atoms with Crippen molar-refractivity contribution in [2.45, 2.75) is 43.7 Å². The fourth-order valence-corrected chi connectivity index (χ4v) is 7.33. The third-order valence-electron chi connectivity index (χ3n) is 6.38. The molecule has 0 spiro atoms. The minimum atomic E-state index is -0.400. The summed E-state index contributed by atoms with van der Waals surface area (Å²) >= 11 is -0.400. The van der Waals surface area contributed by atoms with Crippen molar-refractivity contribution in [3.8, 4) is 0 Å². The number of nitrogens with one attached hydrogen (secondary N) is 2. The summed E-state index contributed by atoms with van der Waals surface area (Å²) in [6.45, 7) is 2.84. The molecular weight excluding hydrogens is 473 g/mol. The van der Waals surface area contributed by atoms with Gasteiger partial charge >= 0.3 is 203 Å². The van der Waals surface area contributed by atoms with Gasteiger partial charge in [-0.1, -0.05) is 0 Å². The van der Waals surface area contributed by atoms with Gasteiger partial charge in [0.15, 0.2) is 0 Å². The standard InChI is InChI=1S/C26H34AsN5O/c1-4-19-9-5-7-11-22(19)30-26(33)28-17-18-13-15-20(16-14-18)27-25-29-23-12-8-6-10-21(23)24(31-25)32(2)3/h5-12,18,20,27H,4,13-17H2,1-3H3,(H2,28,30,33)/t18-,20+. The number of aromatic nitrogens is 2. The molecule has 1 unspecified atom stereocenters. The number of hydrogen-bond acceptors (Lipinski definition) is 4. The van der Waals surface area contributed by atoms with Crippen molar-refractivity contribution in [2.75, 3.05) is 30.9 Å². The zero-order valence-corrected chi connectivity index (χ0v) is 21.9. The Bertz CT molecular complexity index is 1090. The van der Waals surface area contributed by atoms with Gasteiger partial charge in [0.25, 0.3) is 0 Å². The Morgan fingerprint density at radius 3 is 2.52 bits per heavy atom. The number of hydrogen-bond donors (Lipinski definition) is 2. The summed E-state index contributed by atoms with van der Waals surface area (Å²) < 4.78 is 1.79. The molecule has 1 atom stereocenters. The van der Waals surface area contributed by atoms with Crippen molar-refractivity contribution in [1.82, 2.24) is 15.3 Å². The second-order valence-electron chi connectivity index (χ2n) is 8.99. The molecule has 0 bridgehead atoms. The number of para-hydroxylation sites is 2. The molecule has 7 heteroatoms. The van der Waals surface area contributed by atoms with Crippen LogP contribution < -0.4 is 20.1 Å². The molecule has 1 aromatic heterocycles. The summed E-state index contributed by atoms with van der Waals surface area (Å²) in [6, 6.07) is 16.2. The molecule has 0 radical (unpaired) electrons. The minimum absolute atomic E-state index is 0.104. The van der Waals surface area contributed by atoms with E-state index in [1.807, 2.05) is 44.4 Å². The van der Waals surface area contributed by atoms with Crippen molar-refractivity contribution >= 4 is 48.8 Å². The molecule has 1 aliphatic rings. The predicted molar refractivity (Wildman–Crippen MR) is 139 cm³/mol. The first-order valence-corrected chi connectivity index (χ1v) is 14.1. The molecule has 1 fully saturated rings. The number of nitrogens with zero attached hydrogens (tertiary/aromatic N) is 3. The van der Waals surface area contributed by atoms with E-state index in [2.05, 4.69) is 40.7 Å². The Hall–Kier alpha value is -2.59. The van der Waals surface area contributed by atoms with Crippen molar-refractivity contribution in [3.05, 3.63) is 54.1 Å². The Kier molecular flexibility index (Phi) is 7.87. The quantitative estimate of drug-likeness (QED) is 0.472. The molecule has 3 aromatic rings. The summed E-state index contributed by atoms with van der Waals surface area (Å²) in [6.07, 6.45) is 5.64. The second kappa shape index (κ2) is 11.0. The average Bonchev–Trinajstić information content (AvgIpc) is 2.83. The number of amides is 2. The Morgan fingerprint density at radius 1 is 1.03 bits per heavy atom. The number of carbonyl (C=O) groups excluding carboxylic acids is 1. The van der Waals surface area contributed by atoms with E-state index in [1.165, 1.54) is 12.8 Å². The Morgan fingerprint density at radius 2 is 1.76 bits per heavy atom. The van der Waals surface area contributed by atoms with Crippen LogP contribution in [0.4, 0.5) is 16.3 Å². The molecule has 0 aliphatic heterocycles. The monoisotopic (exact) mass is 507 g/mol. The average molecular weight is 508 g/mol. The Balaban J connectivity index is 1.27. The first-order chi connectivity index (χ1) is 16.0. The zero-order valence-electron chi connectivity index (χ0n) is 19.8. The van der Waals surface area contributed by atoms with Crippen LogP contribution >= 0.6 is 0 Å². The zero-order chi connectivity index (χ0) is 23.2. The fraction of sp³-hybridized carbons (Fsp3) is 0.423. The van der Waals surface area contributed by atoms with E-state index in [9.17, 15) is 4.79 Å². The van der Waals surface area contributed by atoms with E-state index >= 15 is 0 Å². The summed E-state index contributed by atoms with van der Waals surface area (Å²) in [5.41, 5.74) is 3.11. The van der Waals surface area contributed by atoms with Crippen LogP contribution in [0.2, 0.25) is 4.71 Å². The van der Waals surface area contributed by atoms with Gasteiger partial charge in [-0.2, -0.15) is 0 Å². The van der Waals surface area contributed by atoms with Gasteiger partial charge in [-0.3, -0.25) is 0 Å². The maximum absolute atomic E-state index is 12.4. The van der Waals surface area contributed by atoms with Crippen LogP contribution in [-0.2, 0) is 6.42 Å². The molecule has 4 rings (SSSR count). The van der Waals surface area contributed by atoms with Gasteiger partial charge in [0, 0.05) is 0 Å². The van der Waals surface area contributed by atoms with Crippen LogP contribution in [-0.4, -0.2) is 52.4 Å². The molecule has 2 aromatic carbocycles. The number of anilines is 2. The summed E-state index contributed by atoms with van der Waals surface area (Å²) in [5, 5.41) is 7.21. The van der Waals surface area contributed by atoms with Crippen molar-refractivity contribution < 1.29 is 4.79 Å². The van der Waals surface area contributed by atoms with Gasteiger partial charge in [0.2, 0.25) is 0 Å². The molecule has 2 amide bonds. The van der Waals surface area contributed by atoms with Crippen LogP contribution in [0.25, 0.3) is 10.9 Å². The fourth-order valence-electron chi connectivity index (χ4n) is 4.51. The number of rotatable bonds is 7. The van der Waals surface area contributed by atoms with E-state index in [1.54, 1.807) is 0 Å². The molecule has 6 nitrogen and oxygen atoms in total. The molecule has 0 saturated heterocycles. The molecular formula is C26H34AsN5O. The van der Waals surface area contributed by atoms with E-state index < -0.39 is 15.8 Å². The van der Waals surface area contributed by atoms with Crippen LogP contribution in [0.3, 0.4) is 0 Å². The number of fused-ring (bicyclic) bond motifs is 1. The Labute approximate surface area is 203 Å². The van der Waals surface area contributed by atoms with E-state index in [0.717, 1.165) is 63.1 Å². The van der Waals surface area contributed by atoms with Crippen LogP contribution in [0.5, 0.6) is 0 Å². The van der Waals surface area contributed by atoms with Gasteiger partial charge in [-0.15, -0.1) is 0 Å². The number of benzene rings is 2. The van der Waals surface area contributed by atoms with Gasteiger partial charge in [0.05, 0.1) is 0 Å². The maximum atomic E-state index is 12.4. The van der Waals surface area contributed by atoms with Crippen molar-refractivity contribution in [1.29, 1.82) is 0 Å². The summed E-state index contributed by atoms with van der Waals surface area (Å²) in [5.74, 6) is 1.57. The van der Waals surface area contributed by atoms with Crippen molar-refractivity contribution in [3.63, 3.8) is 0 Å². The molecule has 1 saturated carbocycles. The molecule has 174 valence electrons. The third kappa shape index (κ3) is 6.05. The van der Waals surface area contributed by atoms with Crippen LogP contribution in [0.15, 0.2) is 48.5 Å². The predicted octanol–water partition coefficient (Wildman–Crippen LogP) is 4.12. The number of carbonyl (C=O) groups is 1. The number of aryl methyl sites for hydroxylation is 1. The normalized spacial score (nSPS) is 18.5. The van der Waals surface area contributed by atoms with Gasteiger partial charge in [-0.25, -0.2) is 0 Å². The van der Waals surface area contributed by atoms with E-state index in [0.29, 0.717) is 5.92 Å². The van der Waals surface area contributed by atoms with Gasteiger partial charge < -0.3 is 0 Å². The topological polar surface area (TPSA) is 70.2 Å². The summed E-state index contributed by atoms with van der Waals surface area (Å²) in [7, 11) is 4.10. The third-order valence-corrected chi connectivity index (χ3v) is 9.46. The molecule has 1 heterocycles. The molecule has 2 N–H and O–H groups in total. The van der Waals surface area contributed by atoms with Crippen LogP contribution in [0, 0.1) is 5.92 Å². The molecule has 1 aliphatic carbocycles. The SMILES string of the molecule is CCc1ccccc1NC(=O)NC[C@H]1CC[C@@H]([AsH]c2nc(N(C)C)c3ccccc3n2)CC1. The van der Waals surface area contributed by atoms with E-state index in [-0.39, 0.29) is 6.03 Å². The van der Waals surface area contributed by atoms with Gasteiger partial charge in [-0.05, 0) is 0 Å². The summed E-state index contributed by atoms with van der Waals surface area (Å²) in [4.78, 5) is 24.3. The first-order valence-electron chi connectivity index (χ1n) is 11.9.